The zero-order valence-corrected chi connectivity index (χ0v) is 11.2. The first-order valence-electron chi connectivity index (χ1n) is 5.06. The van der Waals surface area contributed by atoms with E-state index >= 15 is 0 Å². The molecule has 0 aliphatic carbocycles. The van der Waals surface area contributed by atoms with Crippen LogP contribution in [0.2, 0.25) is 10.0 Å². The predicted molar refractivity (Wildman–Crippen MR) is 69.1 cm³/mol. The van der Waals surface area contributed by atoms with Crippen molar-refractivity contribution < 1.29 is 24.7 Å². The van der Waals surface area contributed by atoms with Crippen molar-refractivity contribution in [1.29, 1.82) is 0 Å². The Kier molecular flexibility index (Phi) is 5.26. The molecule has 8 nitrogen and oxygen atoms in total. The van der Waals surface area contributed by atoms with Gasteiger partial charge in [-0.3, -0.25) is 14.9 Å². The van der Waals surface area contributed by atoms with Gasteiger partial charge in [0.05, 0.1) is 27.1 Å². The number of nitro groups is 1. The number of carboxylic acid groups (broad SMARTS) is 1. The maximum absolute atomic E-state index is 11.7. The van der Waals surface area contributed by atoms with Crippen molar-refractivity contribution >= 4 is 40.8 Å². The fraction of sp³-hybridized carbons (Fsp3) is 0.200. The number of non-ortho nitro benzene ring substituents is 1. The number of aliphatic carboxylic acids is 1. The summed E-state index contributed by atoms with van der Waals surface area (Å²) in [5.74, 6) is -2.41. The highest BCUT2D eigenvalue weighted by Gasteiger charge is 2.21. The van der Waals surface area contributed by atoms with Gasteiger partial charge in [-0.25, -0.2) is 4.79 Å². The van der Waals surface area contributed by atoms with Gasteiger partial charge < -0.3 is 15.5 Å². The number of halogens is 2. The van der Waals surface area contributed by atoms with Gasteiger partial charge in [0, 0.05) is 12.1 Å². The summed E-state index contributed by atoms with van der Waals surface area (Å²) in [6.45, 7) is -0.579. The molecule has 1 aromatic carbocycles. The summed E-state index contributed by atoms with van der Waals surface area (Å²) in [5.41, 5.74) is -0.730. The number of carbonyl (C=O) groups is 2. The molecule has 0 fully saturated rings. The van der Waals surface area contributed by atoms with Gasteiger partial charge in [0.1, 0.15) is 0 Å². The van der Waals surface area contributed by atoms with E-state index in [0.29, 0.717) is 0 Å². The van der Waals surface area contributed by atoms with Crippen molar-refractivity contribution in [2.45, 2.75) is 6.10 Å². The van der Waals surface area contributed by atoms with Gasteiger partial charge in [0.15, 0.2) is 6.10 Å². The van der Waals surface area contributed by atoms with Gasteiger partial charge in [-0.05, 0) is 0 Å². The first kappa shape index (κ1) is 16.2. The van der Waals surface area contributed by atoms with Crippen molar-refractivity contribution in [3.8, 4) is 0 Å². The summed E-state index contributed by atoms with van der Waals surface area (Å²) in [5, 5.41) is 29.8. The van der Waals surface area contributed by atoms with Crippen molar-refractivity contribution in [1.82, 2.24) is 5.32 Å². The zero-order chi connectivity index (χ0) is 15.4. The van der Waals surface area contributed by atoms with Crippen LogP contribution in [-0.2, 0) is 4.79 Å². The zero-order valence-electron chi connectivity index (χ0n) is 9.67. The number of nitro benzene ring substituents is 1. The first-order valence-corrected chi connectivity index (χ1v) is 5.82. The predicted octanol–water partition coefficient (Wildman–Crippen LogP) is 1.08. The van der Waals surface area contributed by atoms with E-state index in [1.807, 2.05) is 0 Å². The monoisotopic (exact) mass is 322 g/mol. The molecule has 0 heterocycles. The summed E-state index contributed by atoms with van der Waals surface area (Å²) in [4.78, 5) is 32.0. The van der Waals surface area contributed by atoms with E-state index in [4.69, 9.17) is 33.4 Å². The second-order valence-electron chi connectivity index (χ2n) is 3.61. The highest BCUT2D eigenvalue weighted by molar-refractivity contribution is 6.44. The van der Waals surface area contributed by atoms with E-state index < -0.39 is 35.1 Å². The second kappa shape index (κ2) is 6.51. The number of nitrogens with one attached hydrogen (secondary N) is 1. The van der Waals surface area contributed by atoms with Crippen LogP contribution in [0.25, 0.3) is 0 Å². The highest BCUT2D eigenvalue weighted by atomic mass is 35.5. The number of amides is 1. The van der Waals surface area contributed by atoms with Gasteiger partial charge in [0.2, 0.25) is 0 Å². The topological polar surface area (TPSA) is 130 Å². The van der Waals surface area contributed by atoms with Crippen LogP contribution < -0.4 is 5.32 Å². The van der Waals surface area contributed by atoms with Crippen molar-refractivity contribution in [2.75, 3.05) is 6.54 Å². The number of nitrogens with zero attached hydrogens (tertiary/aromatic N) is 1. The van der Waals surface area contributed by atoms with E-state index in [-0.39, 0.29) is 15.6 Å². The molecule has 0 spiro atoms. The lowest BCUT2D eigenvalue weighted by Gasteiger charge is -2.09. The van der Waals surface area contributed by atoms with Gasteiger partial charge in [0.25, 0.3) is 11.6 Å². The van der Waals surface area contributed by atoms with E-state index in [9.17, 15) is 19.7 Å². The number of aliphatic hydroxyl groups excluding tert-OH is 1. The summed E-state index contributed by atoms with van der Waals surface area (Å²) < 4.78 is 0. The third-order valence-electron chi connectivity index (χ3n) is 2.21. The molecule has 0 saturated heterocycles. The summed E-state index contributed by atoms with van der Waals surface area (Å²) in [6, 6.07) is 1.88. The van der Waals surface area contributed by atoms with Crippen molar-refractivity contribution in [3.63, 3.8) is 0 Å². The van der Waals surface area contributed by atoms with Crippen LogP contribution in [0.15, 0.2) is 12.1 Å². The smallest absolute Gasteiger partial charge is 0.334 e. The molecule has 1 rings (SSSR count). The van der Waals surface area contributed by atoms with E-state index in [1.165, 1.54) is 0 Å². The number of rotatable bonds is 5. The Hall–Kier alpha value is -1.90. The minimum atomic E-state index is -1.80. The molecular formula is C10H8Cl2N2O6. The molecule has 0 aromatic heterocycles. The lowest BCUT2D eigenvalue weighted by Crippen LogP contribution is -2.36. The van der Waals surface area contributed by atoms with E-state index in [0.717, 1.165) is 12.1 Å². The summed E-state index contributed by atoms with van der Waals surface area (Å²) >= 11 is 11.4. The van der Waals surface area contributed by atoms with Crippen LogP contribution in [0.4, 0.5) is 5.69 Å². The molecule has 10 heteroatoms. The number of benzene rings is 1. The van der Waals surface area contributed by atoms with E-state index in [2.05, 4.69) is 5.32 Å². The fourth-order valence-electron chi connectivity index (χ4n) is 1.22. The molecule has 1 aromatic rings. The molecule has 108 valence electrons. The average molecular weight is 323 g/mol. The number of carboxylic acids is 1. The molecule has 20 heavy (non-hydrogen) atoms. The Labute approximate surface area is 122 Å². The van der Waals surface area contributed by atoms with Crippen LogP contribution >= 0.6 is 23.2 Å². The Bertz CT molecular complexity index is 577. The number of carbonyl (C=O) groups excluding carboxylic acids is 1. The Balaban J connectivity index is 2.98. The second-order valence-corrected chi connectivity index (χ2v) is 4.40. The Morgan fingerprint density at radius 2 is 2.00 bits per heavy atom. The number of aliphatic hydroxyl groups is 1. The maximum Gasteiger partial charge on any atom is 0.334 e. The molecule has 0 bridgehead atoms. The van der Waals surface area contributed by atoms with Gasteiger partial charge in [-0.15, -0.1) is 0 Å². The van der Waals surface area contributed by atoms with Crippen LogP contribution in [-0.4, -0.2) is 39.7 Å². The average Bonchev–Trinajstić information content (AvgIpc) is 2.37. The molecule has 3 N–H and O–H groups in total. The number of hydrogen-bond acceptors (Lipinski definition) is 5. The normalized spacial score (nSPS) is 11.8. The van der Waals surface area contributed by atoms with Gasteiger partial charge in [-0.1, -0.05) is 23.2 Å². The minimum Gasteiger partial charge on any atom is -0.479 e. The molecular weight excluding hydrogens is 315 g/mol. The molecule has 0 aliphatic rings. The minimum absolute atomic E-state index is 0.190. The largest absolute Gasteiger partial charge is 0.479 e. The van der Waals surface area contributed by atoms with Gasteiger partial charge >= 0.3 is 5.97 Å². The Morgan fingerprint density at radius 1 is 1.40 bits per heavy atom. The van der Waals surface area contributed by atoms with Crippen LogP contribution in [0, 0.1) is 10.1 Å². The van der Waals surface area contributed by atoms with Crippen LogP contribution in [0.3, 0.4) is 0 Å². The molecule has 1 atom stereocenters. The van der Waals surface area contributed by atoms with E-state index in [1.54, 1.807) is 0 Å². The standard InChI is InChI=1S/C10H8Cl2N2O6/c11-6-2-4(14(19)20)1-5(8(6)12)9(16)13-3-7(15)10(17)18/h1-2,7,15H,3H2,(H,13,16)(H,17,18)/t7-/m0/s1. The van der Waals surface area contributed by atoms with Crippen LogP contribution in [0.1, 0.15) is 10.4 Å². The number of hydrogen-bond donors (Lipinski definition) is 3. The maximum atomic E-state index is 11.7. The molecule has 1 amide bonds. The highest BCUT2D eigenvalue weighted by Crippen LogP contribution is 2.30. The lowest BCUT2D eigenvalue weighted by atomic mass is 10.2. The SMILES string of the molecule is O=C(NC[C@H](O)C(=O)O)c1cc([N+](=O)[O-])cc(Cl)c1Cl. The summed E-state index contributed by atoms with van der Waals surface area (Å²) in [6.07, 6.45) is -1.80. The van der Waals surface area contributed by atoms with Crippen molar-refractivity contribution in [2.24, 2.45) is 0 Å². The molecule has 0 radical (unpaired) electrons. The molecule has 0 saturated carbocycles. The third kappa shape index (κ3) is 3.80. The first-order chi connectivity index (χ1) is 9.23. The van der Waals surface area contributed by atoms with Crippen molar-refractivity contribution in [3.05, 3.63) is 37.9 Å². The van der Waals surface area contributed by atoms with Crippen LogP contribution in [0.5, 0.6) is 0 Å². The summed E-state index contributed by atoms with van der Waals surface area (Å²) in [7, 11) is 0. The lowest BCUT2D eigenvalue weighted by molar-refractivity contribution is -0.384. The quantitative estimate of drug-likeness (QED) is 0.549. The Morgan fingerprint density at radius 3 is 2.50 bits per heavy atom. The third-order valence-corrected chi connectivity index (χ3v) is 3.01. The molecule has 0 aliphatic heterocycles. The fourth-order valence-corrected chi connectivity index (χ4v) is 1.63. The van der Waals surface area contributed by atoms with Gasteiger partial charge in [-0.2, -0.15) is 0 Å². The molecule has 0 unspecified atom stereocenters.